The molecule has 184 valence electrons. The number of hydrogen-bond donors (Lipinski definition) is 1. The number of hydrogen-bond acceptors (Lipinski definition) is 7. The smallest absolute Gasteiger partial charge is 0.295 e. The number of fused-ring (bicyclic) bond motifs is 1. The molecule has 0 aliphatic carbocycles. The molecule has 1 amide bonds. The molecule has 0 aromatic heterocycles. The number of carbonyl (C=O) groups excluding carboxylic acids is 2. The van der Waals surface area contributed by atoms with Gasteiger partial charge in [0.2, 0.25) is 0 Å². The van der Waals surface area contributed by atoms with Crippen molar-refractivity contribution in [2.24, 2.45) is 0 Å². The molecule has 0 spiro atoms. The van der Waals surface area contributed by atoms with Crippen LogP contribution in [0.5, 0.6) is 17.2 Å². The SMILES string of the molecule is COc1ccc([C@@H]2C(=C(O)c3ccc4c(c3)C[C@@H](C)O4)C(=O)C(=O)N2C[C@@H]2CCCO2)c(OC)c1. The van der Waals surface area contributed by atoms with Crippen LogP contribution in [-0.4, -0.2) is 61.3 Å². The van der Waals surface area contributed by atoms with Gasteiger partial charge in [0.25, 0.3) is 11.7 Å². The van der Waals surface area contributed by atoms with E-state index >= 15 is 0 Å². The van der Waals surface area contributed by atoms with Crippen molar-refractivity contribution in [2.75, 3.05) is 27.4 Å². The van der Waals surface area contributed by atoms with Gasteiger partial charge in [-0.1, -0.05) is 0 Å². The van der Waals surface area contributed by atoms with Crippen LogP contribution in [0.2, 0.25) is 0 Å². The van der Waals surface area contributed by atoms with E-state index in [0.29, 0.717) is 35.7 Å². The summed E-state index contributed by atoms with van der Waals surface area (Å²) in [4.78, 5) is 28.1. The zero-order chi connectivity index (χ0) is 24.7. The Labute approximate surface area is 204 Å². The van der Waals surface area contributed by atoms with Crippen molar-refractivity contribution in [3.8, 4) is 17.2 Å². The van der Waals surface area contributed by atoms with Gasteiger partial charge in [0.05, 0.1) is 31.9 Å². The van der Waals surface area contributed by atoms with Crippen LogP contribution >= 0.6 is 0 Å². The third kappa shape index (κ3) is 4.12. The van der Waals surface area contributed by atoms with Gasteiger partial charge in [-0.25, -0.2) is 0 Å². The molecular weight excluding hydrogens is 450 g/mol. The van der Waals surface area contributed by atoms with Crippen molar-refractivity contribution < 1.29 is 33.6 Å². The van der Waals surface area contributed by atoms with Crippen molar-refractivity contribution >= 4 is 17.4 Å². The number of aliphatic hydroxyl groups is 1. The lowest BCUT2D eigenvalue weighted by atomic mass is 9.93. The van der Waals surface area contributed by atoms with Crippen molar-refractivity contribution in [1.82, 2.24) is 4.90 Å². The number of methoxy groups -OCH3 is 2. The lowest BCUT2D eigenvalue weighted by Gasteiger charge is -2.28. The zero-order valence-electron chi connectivity index (χ0n) is 20.1. The van der Waals surface area contributed by atoms with Crippen LogP contribution in [0.25, 0.3) is 5.76 Å². The largest absolute Gasteiger partial charge is 0.507 e. The topological polar surface area (TPSA) is 94.5 Å². The number of rotatable bonds is 6. The summed E-state index contributed by atoms with van der Waals surface area (Å²) in [5.41, 5.74) is 2.04. The van der Waals surface area contributed by atoms with Gasteiger partial charge in [-0.3, -0.25) is 9.59 Å². The third-order valence-corrected chi connectivity index (χ3v) is 6.87. The van der Waals surface area contributed by atoms with Crippen LogP contribution in [-0.2, 0) is 20.7 Å². The zero-order valence-corrected chi connectivity index (χ0v) is 20.1. The summed E-state index contributed by atoms with van der Waals surface area (Å²) in [7, 11) is 3.07. The second kappa shape index (κ2) is 9.26. The molecule has 3 aliphatic heterocycles. The van der Waals surface area contributed by atoms with Crippen LogP contribution < -0.4 is 14.2 Å². The van der Waals surface area contributed by atoms with E-state index in [0.717, 1.165) is 24.2 Å². The number of benzene rings is 2. The second-order valence-corrected chi connectivity index (χ2v) is 9.15. The van der Waals surface area contributed by atoms with Gasteiger partial charge in [-0.2, -0.15) is 0 Å². The van der Waals surface area contributed by atoms with E-state index in [-0.39, 0.29) is 30.1 Å². The van der Waals surface area contributed by atoms with Gasteiger partial charge in [-0.15, -0.1) is 0 Å². The number of aliphatic hydroxyl groups excluding tert-OH is 1. The fraction of sp³-hybridized carbons (Fsp3) is 0.407. The summed E-state index contributed by atoms with van der Waals surface area (Å²) in [6, 6.07) is 9.71. The Balaban J connectivity index is 1.64. The van der Waals surface area contributed by atoms with Crippen LogP contribution in [0.1, 0.15) is 42.5 Å². The minimum absolute atomic E-state index is 0.0309. The number of nitrogens with zero attached hydrogens (tertiary/aromatic N) is 1. The average Bonchev–Trinajstić information content (AvgIpc) is 3.57. The minimum Gasteiger partial charge on any atom is -0.507 e. The fourth-order valence-corrected chi connectivity index (χ4v) is 5.17. The van der Waals surface area contributed by atoms with Crippen molar-refractivity contribution in [3.63, 3.8) is 0 Å². The minimum atomic E-state index is -0.830. The quantitative estimate of drug-likeness (QED) is 0.384. The molecule has 3 heterocycles. The fourth-order valence-electron chi connectivity index (χ4n) is 5.17. The van der Waals surface area contributed by atoms with E-state index < -0.39 is 17.7 Å². The maximum absolute atomic E-state index is 13.4. The first-order valence-electron chi connectivity index (χ1n) is 11.8. The van der Waals surface area contributed by atoms with E-state index in [1.54, 1.807) is 37.4 Å². The Morgan fingerprint density at radius 2 is 1.97 bits per heavy atom. The lowest BCUT2D eigenvalue weighted by molar-refractivity contribution is -0.140. The summed E-state index contributed by atoms with van der Waals surface area (Å²) in [5, 5.41) is 11.4. The number of ketones is 1. The molecule has 2 aromatic carbocycles. The normalized spacial score (nSPS) is 25.0. The Morgan fingerprint density at radius 1 is 1.14 bits per heavy atom. The predicted octanol–water partition coefficient (Wildman–Crippen LogP) is 3.63. The Kier molecular flexibility index (Phi) is 6.15. The monoisotopic (exact) mass is 479 g/mol. The lowest BCUT2D eigenvalue weighted by Crippen LogP contribution is -2.36. The summed E-state index contributed by atoms with van der Waals surface area (Å²) in [6.45, 7) is 2.85. The third-order valence-electron chi connectivity index (χ3n) is 6.87. The standard InChI is InChI=1S/C27H29NO7/c1-15-11-17-12-16(6-9-21(17)35-15)25(29)23-24(20-8-7-18(32-2)13-22(20)33-3)28(27(31)26(23)30)14-19-5-4-10-34-19/h6-9,12-13,15,19,24,29H,4-5,10-11,14H2,1-3H3/t15-,19+,24-/m1/s1. The molecule has 35 heavy (non-hydrogen) atoms. The summed E-state index contributed by atoms with van der Waals surface area (Å²) < 4.78 is 22.5. The summed E-state index contributed by atoms with van der Waals surface area (Å²) in [6.07, 6.45) is 2.29. The molecule has 0 saturated carbocycles. The van der Waals surface area contributed by atoms with Gasteiger partial charge in [-0.05, 0) is 55.7 Å². The summed E-state index contributed by atoms with van der Waals surface area (Å²) in [5.74, 6) is 0.186. The number of ether oxygens (including phenoxy) is 4. The maximum Gasteiger partial charge on any atom is 0.295 e. The van der Waals surface area contributed by atoms with E-state index in [1.807, 2.05) is 13.0 Å². The first-order valence-corrected chi connectivity index (χ1v) is 11.8. The first kappa shape index (κ1) is 23.2. The van der Waals surface area contributed by atoms with Crippen molar-refractivity contribution in [1.29, 1.82) is 0 Å². The number of amides is 1. The first-order chi connectivity index (χ1) is 16.9. The van der Waals surface area contributed by atoms with Gasteiger partial charge in [0.15, 0.2) is 0 Å². The van der Waals surface area contributed by atoms with Crippen molar-refractivity contribution in [2.45, 2.75) is 44.4 Å². The molecule has 0 bridgehead atoms. The summed E-state index contributed by atoms with van der Waals surface area (Å²) >= 11 is 0. The van der Waals surface area contributed by atoms with Crippen LogP contribution in [0.4, 0.5) is 0 Å². The molecular formula is C27H29NO7. The van der Waals surface area contributed by atoms with Crippen LogP contribution in [0, 0.1) is 0 Å². The van der Waals surface area contributed by atoms with Crippen molar-refractivity contribution in [3.05, 3.63) is 58.7 Å². The molecule has 2 fully saturated rings. The highest BCUT2D eigenvalue weighted by molar-refractivity contribution is 6.46. The Bertz CT molecular complexity index is 1200. The molecule has 3 aliphatic rings. The van der Waals surface area contributed by atoms with E-state index in [1.165, 1.54) is 12.0 Å². The molecule has 8 nitrogen and oxygen atoms in total. The molecule has 0 radical (unpaired) electrons. The predicted molar refractivity (Wildman–Crippen MR) is 128 cm³/mol. The maximum atomic E-state index is 13.4. The highest BCUT2D eigenvalue weighted by Crippen LogP contribution is 2.44. The van der Waals surface area contributed by atoms with E-state index in [9.17, 15) is 14.7 Å². The molecule has 0 unspecified atom stereocenters. The molecule has 1 N–H and O–H groups in total. The molecule has 2 aromatic rings. The highest BCUT2D eigenvalue weighted by atomic mass is 16.5. The van der Waals surface area contributed by atoms with Gasteiger partial charge >= 0.3 is 0 Å². The molecule has 5 rings (SSSR count). The van der Waals surface area contributed by atoms with E-state index in [4.69, 9.17) is 18.9 Å². The second-order valence-electron chi connectivity index (χ2n) is 9.15. The highest BCUT2D eigenvalue weighted by Gasteiger charge is 2.48. The Hall–Kier alpha value is -3.52. The van der Waals surface area contributed by atoms with Crippen LogP contribution in [0.3, 0.4) is 0 Å². The average molecular weight is 480 g/mol. The number of Topliss-reactive ketones (excluding diaryl/α,β-unsaturated/α-hetero) is 1. The molecule has 2 saturated heterocycles. The van der Waals surface area contributed by atoms with E-state index in [2.05, 4.69) is 0 Å². The molecule has 8 heteroatoms. The van der Waals surface area contributed by atoms with Gasteiger partial charge in [0.1, 0.15) is 29.1 Å². The van der Waals surface area contributed by atoms with Crippen LogP contribution in [0.15, 0.2) is 42.0 Å². The van der Waals surface area contributed by atoms with Gasteiger partial charge < -0.3 is 29.0 Å². The van der Waals surface area contributed by atoms with Gasteiger partial charge in [0, 0.05) is 36.8 Å². The Morgan fingerprint density at radius 3 is 2.69 bits per heavy atom. The molecule has 3 atom stereocenters. The number of likely N-dealkylation sites (tertiary alicyclic amines) is 1. The number of carbonyl (C=O) groups is 2.